The Morgan fingerprint density at radius 1 is 1.17 bits per heavy atom. The molecule has 3 rings (SSSR count). The Kier molecular flexibility index (Phi) is 2.90. The summed E-state index contributed by atoms with van der Waals surface area (Å²) in [6, 6.07) is 8.16. The standard InChI is InChI=1S/C13H13FN4/c14-10-1-3-11(4-2-10)16-13-7-9-8-15-6-5-12(9)17-18-13/h1-4,7,15H,5-6,8H2,(H,16,18). The number of rotatable bonds is 2. The van der Waals surface area contributed by atoms with Gasteiger partial charge in [-0.1, -0.05) is 0 Å². The molecule has 2 heterocycles. The van der Waals surface area contributed by atoms with Crippen molar-refractivity contribution in [3.63, 3.8) is 0 Å². The van der Waals surface area contributed by atoms with Gasteiger partial charge in [-0.15, -0.1) is 5.10 Å². The molecule has 0 saturated heterocycles. The van der Waals surface area contributed by atoms with E-state index in [2.05, 4.69) is 20.8 Å². The maximum absolute atomic E-state index is 12.8. The minimum Gasteiger partial charge on any atom is -0.339 e. The normalized spacial score (nSPS) is 14.1. The summed E-state index contributed by atoms with van der Waals surface area (Å²) < 4.78 is 12.8. The molecule has 0 bridgehead atoms. The summed E-state index contributed by atoms with van der Waals surface area (Å²) >= 11 is 0. The van der Waals surface area contributed by atoms with Crippen LogP contribution < -0.4 is 10.6 Å². The molecule has 0 spiro atoms. The van der Waals surface area contributed by atoms with E-state index in [-0.39, 0.29) is 5.82 Å². The Morgan fingerprint density at radius 3 is 2.83 bits per heavy atom. The molecule has 5 heteroatoms. The fourth-order valence-electron chi connectivity index (χ4n) is 1.99. The quantitative estimate of drug-likeness (QED) is 0.848. The van der Waals surface area contributed by atoms with E-state index in [0.29, 0.717) is 5.82 Å². The summed E-state index contributed by atoms with van der Waals surface area (Å²) in [6.07, 6.45) is 0.916. The number of hydrogen-bond acceptors (Lipinski definition) is 4. The van der Waals surface area contributed by atoms with Gasteiger partial charge >= 0.3 is 0 Å². The second kappa shape index (κ2) is 4.70. The van der Waals surface area contributed by atoms with Gasteiger partial charge in [-0.05, 0) is 35.9 Å². The molecule has 18 heavy (non-hydrogen) atoms. The third kappa shape index (κ3) is 2.31. The van der Waals surface area contributed by atoms with Crippen molar-refractivity contribution < 1.29 is 4.39 Å². The van der Waals surface area contributed by atoms with Gasteiger partial charge in [-0.2, -0.15) is 5.10 Å². The van der Waals surface area contributed by atoms with Gasteiger partial charge in [0.15, 0.2) is 5.82 Å². The first kappa shape index (κ1) is 11.1. The predicted octanol–water partition coefficient (Wildman–Crippen LogP) is 2.00. The minimum atomic E-state index is -0.249. The van der Waals surface area contributed by atoms with Crippen molar-refractivity contribution in [2.75, 3.05) is 11.9 Å². The number of fused-ring (bicyclic) bond motifs is 1. The Labute approximate surface area is 104 Å². The maximum Gasteiger partial charge on any atom is 0.153 e. The molecule has 0 atom stereocenters. The molecule has 1 aliphatic heterocycles. The van der Waals surface area contributed by atoms with Gasteiger partial charge in [-0.3, -0.25) is 0 Å². The highest BCUT2D eigenvalue weighted by Crippen LogP contribution is 2.18. The van der Waals surface area contributed by atoms with E-state index in [9.17, 15) is 4.39 Å². The molecule has 2 N–H and O–H groups in total. The molecule has 0 amide bonds. The van der Waals surface area contributed by atoms with Gasteiger partial charge in [0, 0.05) is 25.2 Å². The third-order valence-electron chi connectivity index (χ3n) is 2.93. The van der Waals surface area contributed by atoms with Gasteiger partial charge in [-0.25, -0.2) is 4.39 Å². The van der Waals surface area contributed by atoms with Crippen molar-refractivity contribution in [3.8, 4) is 0 Å². The van der Waals surface area contributed by atoms with E-state index in [1.54, 1.807) is 12.1 Å². The Bertz CT molecular complexity index is 553. The molecule has 92 valence electrons. The number of halogens is 1. The first-order valence-corrected chi connectivity index (χ1v) is 5.90. The van der Waals surface area contributed by atoms with Crippen LogP contribution in [0.4, 0.5) is 15.9 Å². The number of hydrogen-bond donors (Lipinski definition) is 2. The number of nitrogens with zero attached hydrogens (tertiary/aromatic N) is 2. The summed E-state index contributed by atoms with van der Waals surface area (Å²) in [5.41, 5.74) is 3.02. The lowest BCUT2D eigenvalue weighted by Crippen LogP contribution is -2.25. The van der Waals surface area contributed by atoms with Crippen LogP contribution in [0.25, 0.3) is 0 Å². The van der Waals surface area contributed by atoms with Crippen molar-refractivity contribution in [1.29, 1.82) is 0 Å². The highest BCUT2D eigenvalue weighted by Gasteiger charge is 2.11. The van der Waals surface area contributed by atoms with Crippen molar-refractivity contribution in [3.05, 3.63) is 47.4 Å². The van der Waals surface area contributed by atoms with Gasteiger partial charge in [0.1, 0.15) is 5.82 Å². The van der Waals surface area contributed by atoms with E-state index in [1.807, 2.05) is 6.07 Å². The number of benzene rings is 1. The molecular formula is C13H13FN4. The zero-order chi connectivity index (χ0) is 12.4. The molecular weight excluding hydrogens is 231 g/mol. The van der Waals surface area contributed by atoms with E-state index >= 15 is 0 Å². The zero-order valence-corrected chi connectivity index (χ0v) is 9.78. The topological polar surface area (TPSA) is 49.8 Å². The number of nitrogens with one attached hydrogen (secondary N) is 2. The van der Waals surface area contributed by atoms with Gasteiger partial charge in [0.2, 0.25) is 0 Å². The molecule has 0 unspecified atom stereocenters. The second-order valence-corrected chi connectivity index (χ2v) is 4.26. The zero-order valence-electron chi connectivity index (χ0n) is 9.78. The lowest BCUT2D eigenvalue weighted by atomic mass is 10.1. The van der Waals surface area contributed by atoms with Crippen LogP contribution in [0.2, 0.25) is 0 Å². The second-order valence-electron chi connectivity index (χ2n) is 4.26. The van der Waals surface area contributed by atoms with Crippen molar-refractivity contribution in [2.45, 2.75) is 13.0 Å². The molecule has 1 aromatic carbocycles. The Hall–Kier alpha value is -2.01. The summed E-state index contributed by atoms with van der Waals surface area (Å²) in [5, 5.41) is 14.7. The van der Waals surface area contributed by atoms with Crippen LogP contribution >= 0.6 is 0 Å². The molecule has 1 aliphatic rings. The van der Waals surface area contributed by atoms with Crippen LogP contribution in [0.5, 0.6) is 0 Å². The third-order valence-corrected chi connectivity index (χ3v) is 2.93. The molecule has 4 nitrogen and oxygen atoms in total. The van der Waals surface area contributed by atoms with Gasteiger partial charge in [0.05, 0.1) is 5.69 Å². The maximum atomic E-state index is 12.8. The van der Waals surface area contributed by atoms with E-state index < -0.39 is 0 Å². The van der Waals surface area contributed by atoms with Crippen LogP contribution in [0.1, 0.15) is 11.3 Å². The van der Waals surface area contributed by atoms with E-state index in [0.717, 1.165) is 30.9 Å². The van der Waals surface area contributed by atoms with Crippen molar-refractivity contribution >= 4 is 11.5 Å². The van der Waals surface area contributed by atoms with E-state index in [1.165, 1.54) is 17.7 Å². The molecule has 2 aromatic rings. The summed E-state index contributed by atoms with van der Waals surface area (Å²) in [6.45, 7) is 1.77. The molecule has 0 fully saturated rings. The van der Waals surface area contributed by atoms with Crippen LogP contribution in [0.15, 0.2) is 30.3 Å². The Balaban J connectivity index is 1.82. The fraction of sp³-hybridized carbons (Fsp3) is 0.231. The lowest BCUT2D eigenvalue weighted by molar-refractivity contribution is 0.621. The molecule has 0 aliphatic carbocycles. The largest absolute Gasteiger partial charge is 0.339 e. The summed E-state index contributed by atoms with van der Waals surface area (Å²) in [5.74, 6) is 0.435. The monoisotopic (exact) mass is 244 g/mol. The summed E-state index contributed by atoms with van der Waals surface area (Å²) in [4.78, 5) is 0. The smallest absolute Gasteiger partial charge is 0.153 e. The summed E-state index contributed by atoms with van der Waals surface area (Å²) in [7, 11) is 0. The number of anilines is 2. The molecule has 0 saturated carbocycles. The van der Waals surface area contributed by atoms with Crippen LogP contribution in [0, 0.1) is 5.82 Å². The number of aromatic nitrogens is 2. The van der Waals surface area contributed by atoms with Crippen molar-refractivity contribution in [1.82, 2.24) is 15.5 Å². The van der Waals surface area contributed by atoms with E-state index in [4.69, 9.17) is 0 Å². The average molecular weight is 244 g/mol. The lowest BCUT2D eigenvalue weighted by Gasteiger charge is -2.16. The Morgan fingerprint density at radius 2 is 2.00 bits per heavy atom. The van der Waals surface area contributed by atoms with Crippen LogP contribution in [0.3, 0.4) is 0 Å². The van der Waals surface area contributed by atoms with Crippen molar-refractivity contribution in [2.24, 2.45) is 0 Å². The fourth-order valence-corrected chi connectivity index (χ4v) is 1.99. The highest BCUT2D eigenvalue weighted by atomic mass is 19.1. The molecule has 0 radical (unpaired) electrons. The van der Waals surface area contributed by atoms with Gasteiger partial charge in [0.25, 0.3) is 0 Å². The highest BCUT2D eigenvalue weighted by molar-refractivity contribution is 5.56. The molecule has 1 aromatic heterocycles. The van der Waals surface area contributed by atoms with Gasteiger partial charge < -0.3 is 10.6 Å². The average Bonchev–Trinajstić information content (AvgIpc) is 2.41. The minimum absolute atomic E-state index is 0.249. The van der Waals surface area contributed by atoms with Crippen LogP contribution in [-0.2, 0) is 13.0 Å². The SMILES string of the molecule is Fc1ccc(Nc2cc3c(nn2)CCNC3)cc1. The first-order chi connectivity index (χ1) is 8.81. The van der Waals surface area contributed by atoms with Crippen LogP contribution in [-0.4, -0.2) is 16.7 Å². The predicted molar refractivity (Wildman–Crippen MR) is 67.1 cm³/mol. The first-order valence-electron chi connectivity index (χ1n) is 5.90.